The second kappa shape index (κ2) is 6.94. The van der Waals surface area contributed by atoms with E-state index in [0.29, 0.717) is 18.4 Å². The molecular formula is C6H12BrF2NO. The summed E-state index contributed by atoms with van der Waals surface area (Å²) in [5.74, 6) is 0. The van der Waals surface area contributed by atoms with Crippen LogP contribution in [0.2, 0.25) is 0 Å². The van der Waals surface area contributed by atoms with E-state index in [9.17, 15) is 8.78 Å². The van der Waals surface area contributed by atoms with Gasteiger partial charge in [0.15, 0.2) is 0 Å². The maximum Gasteiger partial charge on any atom is 0.251 e. The van der Waals surface area contributed by atoms with Crippen molar-refractivity contribution in [3.05, 3.63) is 0 Å². The molecule has 0 unspecified atom stereocenters. The van der Waals surface area contributed by atoms with Crippen molar-refractivity contribution in [1.29, 1.82) is 0 Å². The van der Waals surface area contributed by atoms with E-state index in [-0.39, 0.29) is 13.2 Å². The van der Waals surface area contributed by atoms with E-state index in [1.54, 1.807) is 0 Å². The van der Waals surface area contributed by atoms with Crippen LogP contribution in [0.5, 0.6) is 0 Å². The van der Waals surface area contributed by atoms with Crippen LogP contribution in [0, 0.1) is 0 Å². The Bertz CT molecular complexity index is 88.7. The summed E-state index contributed by atoms with van der Waals surface area (Å²) in [6.45, 7) is 0.534. The molecule has 0 saturated heterocycles. The topological polar surface area (TPSA) is 23.5 Å². The number of hydrogen-bond donors (Lipinski definition) is 1. The summed E-state index contributed by atoms with van der Waals surface area (Å²) in [4.78, 5) is 1.51. The number of nitrogens with zero attached hydrogens (tertiary/aromatic N) is 1. The molecule has 0 fully saturated rings. The van der Waals surface area contributed by atoms with Crippen molar-refractivity contribution in [2.45, 2.75) is 6.43 Å². The van der Waals surface area contributed by atoms with Gasteiger partial charge in [0, 0.05) is 18.4 Å². The molecule has 0 aromatic rings. The van der Waals surface area contributed by atoms with Gasteiger partial charge in [-0.15, -0.1) is 0 Å². The second-order valence-corrected chi connectivity index (χ2v) is 2.90. The van der Waals surface area contributed by atoms with Gasteiger partial charge in [-0.2, -0.15) is 0 Å². The lowest BCUT2D eigenvalue weighted by atomic mass is 10.5. The summed E-state index contributed by atoms with van der Waals surface area (Å²) in [5, 5.41) is 9.13. The Morgan fingerprint density at radius 1 is 1.36 bits per heavy atom. The fourth-order valence-electron chi connectivity index (χ4n) is 0.751. The van der Waals surface area contributed by atoms with E-state index < -0.39 is 6.43 Å². The molecule has 0 aliphatic rings. The van der Waals surface area contributed by atoms with Crippen LogP contribution in [-0.4, -0.2) is 48.0 Å². The third kappa shape index (κ3) is 6.65. The Morgan fingerprint density at radius 2 is 2.00 bits per heavy atom. The van der Waals surface area contributed by atoms with E-state index in [0.717, 1.165) is 0 Å². The highest BCUT2D eigenvalue weighted by Gasteiger charge is 2.09. The van der Waals surface area contributed by atoms with E-state index >= 15 is 0 Å². The quantitative estimate of drug-likeness (QED) is 0.689. The molecule has 1 N–H and O–H groups in total. The number of rotatable bonds is 6. The van der Waals surface area contributed by atoms with Crippen LogP contribution < -0.4 is 0 Å². The fraction of sp³-hybridized carbons (Fsp3) is 1.00. The smallest absolute Gasteiger partial charge is 0.251 e. The monoisotopic (exact) mass is 231 g/mol. The predicted octanol–water partition coefficient (Wildman–Crippen LogP) is 0.941. The molecule has 0 rings (SSSR count). The lowest BCUT2D eigenvalue weighted by Gasteiger charge is -2.18. The van der Waals surface area contributed by atoms with Crippen molar-refractivity contribution in [2.75, 3.05) is 31.6 Å². The lowest BCUT2D eigenvalue weighted by molar-refractivity contribution is 0.0819. The van der Waals surface area contributed by atoms with Crippen molar-refractivity contribution < 1.29 is 13.9 Å². The minimum absolute atomic E-state index is 0.0697. The van der Waals surface area contributed by atoms with Gasteiger partial charge < -0.3 is 5.11 Å². The molecule has 0 heterocycles. The number of hydrogen-bond acceptors (Lipinski definition) is 2. The highest BCUT2D eigenvalue weighted by atomic mass is 79.9. The lowest BCUT2D eigenvalue weighted by Crippen LogP contribution is -2.33. The molecule has 0 aliphatic heterocycles. The molecule has 11 heavy (non-hydrogen) atoms. The standard InChI is InChI=1S/C6H12BrF2NO/c7-1-2-10(3-4-11)5-6(8)9/h6,11H,1-5H2. The largest absolute Gasteiger partial charge is 0.395 e. The summed E-state index contributed by atoms with van der Waals surface area (Å²) in [5.41, 5.74) is 0. The summed E-state index contributed by atoms with van der Waals surface area (Å²) >= 11 is 3.14. The Kier molecular flexibility index (Phi) is 7.10. The molecule has 0 radical (unpaired) electrons. The third-order valence-corrected chi connectivity index (χ3v) is 1.57. The summed E-state index contributed by atoms with van der Waals surface area (Å²) in [7, 11) is 0. The molecule has 68 valence electrons. The number of aliphatic hydroxyl groups excluding tert-OH is 1. The van der Waals surface area contributed by atoms with E-state index in [4.69, 9.17) is 5.11 Å². The number of alkyl halides is 3. The SMILES string of the molecule is OCCN(CCBr)CC(F)F. The van der Waals surface area contributed by atoms with Crippen LogP contribution in [0.25, 0.3) is 0 Å². The average molecular weight is 232 g/mol. The molecule has 5 heteroatoms. The van der Waals surface area contributed by atoms with Gasteiger partial charge in [0.05, 0.1) is 13.2 Å². The maximum atomic E-state index is 11.8. The first-order valence-corrected chi connectivity index (χ1v) is 4.50. The van der Waals surface area contributed by atoms with Crippen molar-refractivity contribution in [3.63, 3.8) is 0 Å². The molecule has 0 spiro atoms. The van der Waals surface area contributed by atoms with E-state index in [1.165, 1.54) is 4.90 Å². The molecule has 0 aromatic carbocycles. The molecule has 0 aliphatic carbocycles. The van der Waals surface area contributed by atoms with Crippen LogP contribution in [0.15, 0.2) is 0 Å². The van der Waals surface area contributed by atoms with Crippen LogP contribution >= 0.6 is 15.9 Å². The van der Waals surface area contributed by atoms with Crippen molar-refractivity contribution in [1.82, 2.24) is 4.90 Å². The van der Waals surface area contributed by atoms with E-state index in [2.05, 4.69) is 15.9 Å². The maximum absolute atomic E-state index is 11.8. The Labute approximate surface area is 73.3 Å². The van der Waals surface area contributed by atoms with E-state index in [1.807, 2.05) is 0 Å². The van der Waals surface area contributed by atoms with Gasteiger partial charge in [-0.3, -0.25) is 4.90 Å². The molecule has 0 bridgehead atoms. The van der Waals surface area contributed by atoms with Crippen LogP contribution in [0.3, 0.4) is 0 Å². The first-order valence-electron chi connectivity index (χ1n) is 3.38. The zero-order valence-corrected chi connectivity index (χ0v) is 7.73. The molecular weight excluding hydrogens is 220 g/mol. The van der Waals surface area contributed by atoms with Gasteiger partial charge in [0.1, 0.15) is 0 Å². The van der Waals surface area contributed by atoms with Crippen LogP contribution in [0.4, 0.5) is 8.78 Å². The summed E-state index contributed by atoms with van der Waals surface area (Å²) < 4.78 is 23.6. The van der Waals surface area contributed by atoms with Crippen molar-refractivity contribution in [2.24, 2.45) is 0 Å². The average Bonchev–Trinajstić information content (AvgIpc) is 1.87. The number of aliphatic hydroxyl groups is 1. The molecule has 0 aromatic heterocycles. The van der Waals surface area contributed by atoms with Crippen LogP contribution in [-0.2, 0) is 0 Å². The van der Waals surface area contributed by atoms with Gasteiger partial charge in [0.2, 0.25) is 0 Å². The third-order valence-electron chi connectivity index (χ3n) is 1.21. The highest BCUT2D eigenvalue weighted by Crippen LogP contribution is 1.98. The first-order chi connectivity index (χ1) is 5.20. The minimum Gasteiger partial charge on any atom is -0.395 e. The Hall–Kier alpha value is 0.260. The summed E-state index contributed by atoms with van der Waals surface area (Å²) in [6.07, 6.45) is -2.32. The van der Waals surface area contributed by atoms with Gasteiger partial charge in [-0.05, 0) is 0 Å². The summed E-state index contributed by atoms with van der Waals surface area (Å²) in [6, 6.07) is 0. The minimum atomic E-state index is -2.32. The molecule has 0 amide bonds. The van der Waals surface area contributed by atoms with Gasteiger partial charge >= 0.3 is 0 Å². The van der Waals surface area contributed by atoms with Gasteiger partial charge in [-0.25, -0.2) is 8.78 Å². The fourth-order valence-corrected chi connectivity index (χ4v) is 1.25. The predicted molar refractivity (Wildman–Crippen MR) is 43.3 cm³/mol. The number of halogens is 3. The first kappa shape index (κ1) is 11.3. The van der Waals surface area contributed by atoms with Crippen LogP contribution in [0.1, 0.15) is 0 Å². The molecule has 0 atom stereocenters. The van der Waals surface area contributed by atoms with Gasteiger partial charge in [-0.1, -0.05) is 15.9 Å². The zero-order chi connectivity index (χ0) is 8.69. The van der Waals surface area contributed by atoms with Crippen molar-refractivity contribution in [3.8, 4) is 0 Å². The zero-order valence-electron chi connectivity index (χ0n) is 6.14. The normalized spacial score (nSPS) is 11.5. The van der Waals surface area contributed by atoms with Crippen molar-refractivity contribution >= 4 is 15.9 Å². The Balaban J connectivity index is 3.50. The molecule has 2 nitrogen and oxygen atoms in total. The molecule has 0 saturated carbocycles. The second-order valence-electron chi connectivity index (χ2n) is 2.10. The van der Waals surface area contributed by atoms with Gasteiger partial charge in [0.25, 0.3) is 6.43 Å². The highest BCUT2D eigenvalue weighted by molar-refractivity contribution is 9.09. The Morgan fingerprint density at radius 3 is 2.36 bits per heavy atom.